The molecule has 38 heavy (non-hydrogen) atoms. The lowest BCUT2D eigenvalue weighted by Crippen LogP contribution is -2.56. The van der Waals surface area contributed by atoms with Crippen LogP contribution in [0.1, 0.15) is 32.3 Å². The SMILES string of the molecule is COc1ccc(CCNC(=O)CC2CN(C(=O)CC(C)C)CCN2c2cc(Cl)nc(-n3ccnc3)n2)cc1. The minimum Gasteiger partial charge on any atom is -0.497 e. The van der Waals surface area contributed by atoms with Crippen molar-refractivity contribution in [2.24, 2.45) is 5.92 Å². The molecule has 0 radical (unpaired) electrons. The van der Waals surface area contributed by atoms with Gasteiger partial charge in [0.05, 0.1) is 13.2 Å². The predicted octanol–water partition coefficient (Wildman–Crippen LogP) is 3.14. The van der Waals surface area contributed by atoms with Crippen LogP contribution in [-0.2, 0) is 16.0 Å². The number of carbonyl (C=O) groups excluding carboxylic acids is 2. The third kappa shape index (κ3) is 7.22. The van der Waals surface area contributed by atoms with Crippen LogP contribution in [0, 0.1) is 5.92 Å². The minimum atomic E-state index is -0.262. The highest BCUT2D eigenvalue weighted by Gasteiger charge is 2.32. The molecule has 2 aromatic heterocycles. The van der Waals surface area contributed by atoms with Crippen molar-refractivity contribution in [3.05, 3.63) is 59.8 Å². The second-order valence-corrected chi connectivity index (χ2v) is 10.1. The highest BCUT2D eigenvalue weighted by Crippen LogP contribution is 2.25. The molecule has 0 aliphatic carbocycles. The number of methoxy groups -OCH3 is 1. The van der Waals surface area contributed by atoms with Gasteiger partial charge in [0.1, 0.15) is 23.0 Å². The van der Waals surface area contributed by atoms with Crippen LogP contribution in [0.15, 0.2) is 49.1 Å². The van der Waals surface area contributed by atoms with E-state index < -0.39 is 0 Å². The number of benzene rings is 1. The molecule has 0 spiro atoms. The molecular formula is C27H34ClN7O3. The van der Waals surface area contributed by atoms with E-state index in [9.17, 15) is 9.59 Å². The first-order valence-electron chi connectivity index (χ1n) is 12.8. The number of anilines is 1. The zero-order chi connectivity index (χ0) is 27.1. The lowest BCUT2D eigenvalue weighted by atomic mass is 10.0. The Morgan fingerprint density at radius 1 is 1.18 bits per heavy atom. The second-order valence-electron chi connectivity index (χ2n) is 9.76. The number of piperazine rings is 1. The van der Waals surface area contributed by atoms with Crippen LogP contribution in [0.25, 0.3) is 5.95 Å². The Balaban J connectivity index is 1.47. The normalized spacial score (nSPS) is 15.6. The molecule has 1 aromatic carbocycles. The van der Waals surface area contributed by atoms with Gasteiger partial charge in [0.2, 0.25) is 17.8 Å². The Morgan fingerprint density at radius 3 is 2.66 bits per heavy atom. The molecule has 2 amide bonds. The molecule has 0 saturated carbocycles. The molecule has 1 fully saturated rings. The molecule has 0 bridgehead atoms. The van der Waals surface area contributed by atoms with Gasteiger partial charge in [0.15, 0.2) is 0 Å². The number of nitrogens with zero attached hydrogens (tertiary/aromatic N) is 6. The molecule has 202 valence electrons. The first-order chi connectivity index (χ1) is 18.3. The molecule has 1 N–H and O–H groups in total. The number of hydrogen-bond donors (Lipinski definition) is 1. The summed E-state index contributed by atoms with van der Waals surface area (Å²) in [5.41, 5.74) is 1.11. The van der Waals surface area contributed by atoms with Gasteiger partial charge in [-0.05, 0) is 30.0 Å². The summed E-state index contributed by atoms with van der Waals surface area (Å²) in [5, 5.41) is 3.32. The van der Waals surface area contributed by atoms with Gasteiger partial charge in [0, 0.05) is 57.5 Å². The van der Waals surface area contributed by atoms with E-state index in [4.69, 9.17) is 21.3 Å². The van der Waals surface area contributed by atoms with Crippen molar-refractivity contribution in [3.63, 3.8) is 0 Å². The fraction of sp³-hybridized carbons (Fsp3) is 0.444. The first kappa shape index (κ1) is 27.4. The molecule has 1 unspecified atom stereocenters. The van der Waals surface area contributed by atoms with Gasteiger partial charge in [-0.1, -0.05) is 37.6 Å². The Kier molecular flexibility index (Phi) is 9.17. The maximum absolute atomic E-state index is 13.0. The van der Waals surface area contributed by atoms with E-state index in [-0.39, 0.29) is 30.2 Å². The van der Waals surface area contributed by atoms with Gasteiger partial charge in [-0.15, -0.1) is 0 Å². The van der Waals surface area contributed by atoms with Crippen molar-refractivity contribution >= 4 is 29.2 Å². The number of ether oxygens (including phenoxy) is 1. The van der Waals surface area contributed by atoms with E-state index >= 15 is 0 Å². The molecule has 1 atom stereocenters. The van der Waals surface area contributed by atoms with Gasteiger partial charge >= 0.3 is 0 Å². The Bertz CT molecular complexity index is 1220. The fourth-order valence-electron chi connectivity index (χ4n) is 4.50. The van der Waals surface area contributed by atoms with Crippen LogP contribution in [0.2, 0.25) is 5.15 Å². The van der Waals surface area contributed by atoms with E-state index in [0.717, 1.165) is 11.3 Å². The molecule has 10 nitrogen and oxygen atoms in total. The van der Waals surface area contributed by atoms with Gasteiger partial charge in [-0.2, -0.15) is 4.98 Å². The first-order valence-corrected chi connectivity index (χ1v) is 13.2. The van der Waals surface area contributed by atoms with E-state index in [0.29, 0.717) is 55.9 Å². The van der Waals surface area contributed by atoms with E-state index in [1.54, 1.807) is 36.5 Å². The lowest BCUT2D eigenvalue weighted by Gasteiger charge is -2.42. The summed E-state index contributed by atoms with van der Waals surface area (Å²) in [7, 11) is 1.63. The Morgan fingerprint density at radius 2 is 1.97 bits per heavy atom. The summed E-state index contributed by atoms with van der Waals surface area (Å²) in [6.07, 6.45) is 6.39. The average molecular weight is 540 g/mol. The van der Waals surface area contributed by atoms with Crippen LogP contribution >= 0.6 is 11.6 Å². The zero-order valence-corrected chi connectivity index (χ0v) is 22.8. The molecule has 11 heteroatoms. The number of hydrogen-bond acceptors (Lipinski definition) is 7. The van der Waals surface area contributed by atoms with Gasteiger partial charge in [-0.25, -0.2) is 9.97 Å². The molecule has 1 saturated heterocycles. The lowest BCUT2D eigenvalue weighted by molar-refractivity contribution is -0.133. The third-order valence-electron chi connectivity index (χ3n) is 6.43. The summed E-state index contributed by atoms with van der Waals surface area (Å²) in [6, 6.07) is 9.23. The number of nitrogens with one attached hydrogen (secondary N) is 1. The molecule has 1 aliphatic rings. The zero-order valence-electron chi connectivity index (χ0n) is 22.0. The number of imidazole rings is 1. The smallest absolute Gasteiger partial charge is 0.238 e. The summed E-state index contributed by atoms with van der Waals surface area (Å²) in [4.78, 5) is 42.9. The van der Waals surface area contributed by atoms with Crippen molar-refractivity contribution in [2.75, 3.05) is 38.2 Å². The van der Waals surface area contributed by atoms with Gasteiger partial charge in [0.25, 0.3) is 0 Å². The number of halogens is 1. The largest absolute Gasteiger partial charge is 0.497 e. The molecular weight excluding hydrogens is 506 g/mol. The monoisotopic (exact) mass is 539 g/mol. The molecule has 1 aliphatic heterocycles. The second kappa shape index (κ2) is 12.7. The minimum absolute atomic E-state index is 0.0818. The van der Waals surface area contributed by atoms with Crippen LogP contribution < -0.4 is 15.0 Å². The number of rotatable bonds is 10. The van der Waals surface area contributed by atoms with Gasteiger partial charge in [-0.3, -0.25) is 14.2 Å². The fourth-order valence-corrected chi connectivity index (χ4v) is 4.67. The highest BCUT2D eigenvalue weighted by molar-refractivity contribution is 6.29. The van der Waals surface area contributed by atoms with Crippen molar-refractivity contribution < 1.29 is 14.3 Å². The summed E-state index contributed by atoms with van der Waals surface area (Å²) >= 11 is 6.36. The van der Waals surface area contributed by atoms with Crippen molar-refractivity contribution in [1.29, 1.82) is 0 Å². The Labute approximate surface area is 228 Å². The number of amides is 2. The summed E-state index contributed by atoms with van der Waals surface area (Å²) < 4.78 is 6.88. The highest BCUT2D eigenvalue weighted by atomic mass is 35.5. The van der Waals surface area contributed by atoms with Crippen LogP contribution in [0.5, 0.6) is 5.75 Å². The number of aromatic nitrogens is 4. The van der Waals surface area contributed by atoms with Crippen molar-refractivity contribution in [3.8, 4) is 11.7 Å². The van der Waals surface area contributed by atoms with Crippen LogP contribution in [0.3, 0.4) is 0 Å². The summed E-state index contributed by atoms with van der Waals surface area (Å²) in [6.45, 7) is 6.08. The molecule has 4 rings (SSSR count). The maximum atomic E-state index is 13.0. The maximum Gasteiger partial charge on any atom is 0.238 e. The van der Waals surface area contributed by atoms with Crippen LogP contribution in [-0.4, -0.2) is 75.6 Å². The molecule has 3 aromatic rings. The Hall–Kier alpha value is -3.66. The predicted molar refractivity (Wildman–Crippen MR) is 146 cm³/mol. The average Bonchev–Trinajstić information content (AvgIpc) is 3.43. The topological polar surface area (TPSA) is 105 Å². The standard InChI is InChI=1S/C27H34ClN7O3/c1-19(2)14-26(37)33-12-13-35(24-16-23(28)31-27(32-24)34-11-10-29-18-34)21(17-33)15-25(36)30-9-8-20-4-6-22(38-3)7-5-20/h4-7,10-11,16,18-19,21H,8-9,12-15,17H2,1-3H3,(H,30,36). The van der Waals surface area contributed by atoms with E-state index in [2.05, 4.69) is 20.2 Å². The van der Waals surface area contributed by atoms with E-state index in [1.165, 1.54) is 0 Å². The van der Waals surface area contributed by atoms with Crippen LogP contribution in [0.4, 0.5) is 5.82 Å². The van der Waals surface area contributed by atoms with Crippen molar-refractivity contribution in [1.82, 2.24) is 29.7 Å². The third-order valence-corrected chi connectivity index (χ3v) is 6.63. The number of carbonyl (C=O) groups is 2. The molecule has 3 heterocycles. The summed E-state index contributed by atoms with van der Waals surface area (Å²) in [5.74, 6) is 2.09. The quantitative estimate of drug-likeness (QED) is 0.394. The van der Waals surface area contributed by atoms with E-state index in [1.807, 2.05) is 43.0 Å². The van der Waals surface area contributed by atoms with Gasteiger partial charge < -0.3 is 19.9 Å². The van der Waals surface area contributed by atoms with Crippen molar-refractivity contribution in [2.45, 2.75) is 39.2 Å².